The van der Waals surface area contributed by atoms with E-state index in [2.05, 4.69) is 0 Å². The van der Waals surface area contributed by atoms with Crippen LogP contribution in [0.5, 0.6) is 0 Å². The highest BCUT2D eigenvalue weighted by Crippen LogP contribution is 2.48. The first-order valence-electron chi connectivity index (χ1n) is 6.39. The average Bonchev–Trinajstić information content (AvgIpc) is 2.67. The van der Waals surface area contributed by atoms with Gasteiger partial charge in [0.15, 0.2) is 0 Å². The molecule has 0 aromatic rings. The van der Waals surface area contributed by atoms with Gasteiger partial charge in [-0.3, -0.25) is 4.79 Å². The van der Waals surface area contributed by atoms with E-state index in [0.29, 0.717) is 25.7 Å². The predicted molar refractivity (Wildman–Crippen MR) is 63.7 cm³/mol. The van der Waals surface area contributed by atoms with Crippen LogP contribution in [-0.4, -0.2) is 24.5 Å². The first-order valence-corrected chi connectivity index (χ1v) is 6.39. The number of hydrogen-bond acceptors (Lipinski definition) is 4. The zero-order valence-corrected chi connectivity index (χ0v) is 10.5. The molecule has 2 aliphatic carbocycles. The van der Waals surface area contributed by atoms with E-state index in [9.17, 15) is 9.59 Å². The molecule has 3 rings (SSSR count). The van der Waals surface area contributed by atoms with E-state index in [1.807, 2.05) is 6.08 Å². The number of carbonyl (C=O) groups is 2. The summed E-state index contributed by atoms with van der Waals surface area (Å²) in [6.45, 7) is 0. The Morgan fingerprint density at radius 2 is 1.94 bits per heavy atom. The highest BCUT2D eigenvalue weighted by molar-refractivity contribution is 5.95. The van der Waals surface area contributed by atoms with Crippen molar-refractivity contribution in [1.82, 2.24) is 0 Å². The summed E-state index contributed by atoms with van der Waals surface area (Å²) in [6, 6.07) is 0. The van der Waals surface area contributed by atoms with Crippen molar-refractivity contribution in [1.29, 1.82) is 0 Å². The number of ether oxygens (including phenoxy) is 2. The molecule has 4 nitrogen and oxygen atoms in total. The number of esters is 1. The number of carbonyl (C=O) groups excluding carboxylic acids is 2. The molecule has 4 heteroatoms. The Balaban J connectivity index is 2.02. The number of rotatable bonds is 1. The van der Waals surface area contributed by atoms with Crippen LogP contribution in [0.3, 0.4) is 0 Å². The molecule has 0 amide bonds. The highest BCUT2D eigenvalue weighted by Gasteiger charge is 2.51. The van der Waals surface area contributed by atoms with E-state index in [1.54, 1.807) is 7.11 Å². The van der Waals surface area contributed by atoms with Gasteiger partial charge in [-0.05, 0) is 31.8 Å². The first-order chi connectivity index (χ1) is 8.66. The van der Waals surface area contributed by atoms with Crippen molar-refractivity contribution in [2.24, 2.45) is 0 Å². The predicted octanol–water partition coefficient (Wildman–Crippen LogP) is 2.05. The van der Waals surface area contributed by atoms with Crippen LogP contribution in [0.2, 0.25) is 0 Å². The number of ketones is 1. The molecule has 0 radical (unpaired) electrons. The maximum absolute atomic E-state index is 12.0. The van der Waals surface area contributed by atoms with Gasteiger partial charge in [-0.1, -0.05) is 0 Å². The van der Waals surface area contributed by atoms with Crippen LogP contribution in [0.15, 0.2) is 23.0 Å². The molecule has 0 aromatic carbocycles. The molecule has 1 fully saturated rings. The lowest BCUT2D eigenvalue weighted by Crippen LogP contribution is -2.38. The second kappa shape index (κ2) is 3.97. The molecule has 96 valence electrons. The average molecular weight is 248 g/mol. The molecule has 0 unspecified atom stereocenters. The molecule has 1 heterocycles. The molecule has 1 aliphatic heterocycles. The second-order valence-electron chi connectivity index (χ2n) is 5.09. The van der Waals surface area contributed by atoms with E-state index in [1.165, 1.54) is 0 Å². The quantitative estimate of drug-likeness (QED) is 0.666. The zero-order chi connectivity index (χ0) is 12.8. The SMILES string of the molecule is COC1=CCCC2=C1C1(CCC(=O)CC1)OC2=O. The van der Waals surface area contributed by atoms with Gasteiger partial charge in [0.1, 0.15) is 17.1 Å². The Labute approximate surface area is 106 Å². The summed E-state index contributed by atoms with van der Waals surface area (Å²) in [7, 11) is 1.62. The number of allylic oxidation sites excluding steroid dienone is 1. The fourth-order valence-corrected chi connectivity index (χ4v) is 3.19. The molecule has 0 aromatic heterocycles. The van der Waals surface area contributed by atoms with Gasteiger partial charge in [-0.2, -0.15) is 0 Å². The summed E-state index contributed by atoms with van der Waals surface area (Å²) in [6.07, 6.45) is 5.71. The third-order valence-corrected chi connectivity index (χ3v) is 4.10. The van der Waals surface area contributed by atoms with Crippen molar-refractivity contribution in [3.8, 4) is 0 Å². The summed E-state index contributed by atoms with van der Waals surface area (Å²) in [5.74, 6) is 0.794. The molecule has 0 bridgehead atoms. The van der Waals surface area contributed by atoms with Crippen LogP contribution in [0.25, 0.3) is 0 Å². The van der Waals surface area contributed by atoms with Crippen LogP contribution in [0, 0.1) is 0 Å². The molecule has 1 saturated carbocycles. The third-order valence-electron chi connectivity index (χ3n) is 4.10. The molecule has 0 atom stereocenters. The fraction of sp³-hybridized carbons (Fsp3) is 0.571. The number of hydrogen-bond donors (Lipinski definition) is 0. The van der Waals surface area contributed by atoms with Crippen LogP contribution < -0.4 is 0 Å². The Bertz CT molecular complexity index is 474. The minimum Gasteiger partial charge on any atom is -0.497 e. The molecule has 3 aliphatic rings. The Morgan fingerprint density at radius 1 is 1.22 bits per heavy atom. The van der Waals surface area contributed by atoms with E-state index < -0.39 is 5.60 Å². The number of fused-ring (bicyclic) bond motifs is 1. The minimum absolute atomic E-state index is 0.220. The molecule has 1 spiro atoms. The third kappa shape index (κ3) is 1.51. The minimum atomic E-state index is -0.595. The lowest BCUT2D eigenvalue weighted by molar-refractivity contribution is -0.151. The van der Waals surface area contributed by atoms with Gasteiger partial charge >= 0.3 is 5.97 Å². The van der Waals surface area contributed by atoms with E-state index >= 15 is 0 Å². The van der Waals surface area contributed by atoms with Gasteiger partial charge in [0.25, 0.3) is 0 Å². The van der Waals surface area contributed by atoms with Crippen LogP contribution in [0.4, 0.5) is 0 Å². The van der Waals surface area contributed by atoms with Gasteiger partial charge in [0.05, 0.1) is 7.11 Å². The summed E-state index contributed by atoms with van der Waals surface area (Å²) >= 11 is 0. The van der Waals surface area contributed by atoms with Crippen molar-refractivity contribution in [2.75, 3.05) is 7.11 Å². The molecule has 18 heavy (non-hydrogen) atoms. The number of Topliss-reactive ketones (excluding diaryl/α,β-unsaturated/α-hetero) is 1. The van der Waals surface area contributed by atoms with Crippen LogP contribution >= 0.6 is 0 Å². The monoisotopic (exact) mass is 248 g/mol. The molecule has 0 saturated heterocycles. The van der Waals surface area contributed by atoms with Gasteiger partial charge in [-0.15, -0.1) is 0 Å². The number of methoxy groups -OCH3 is 1. The van der Waals surface area contributed by atoms with Crippen LogP contribution in [-0.2, 0) is 19.1 Å². The van der Waals surface area contributed by atoms with Gasteiger partial charge < -0.3 is 9.47 Å². The normalized spacial score (nSPS) is 25.9. The maximum atomic E-state index is 12.0. The first kappa shape index (κ1) is 11.5. The van der Waals surface area contributed by atoms with Crippen LogP contribution in [0.1, 0.15) is 38.5 Å². The largest absolute Gasteiger partial charge is 0.497 e. The van der Waals surface area contributed by atoms with Crippen molar-refractivity contribution in [3.05, 3.63) is 23.0 Å². The fourth-order valence-electron chi connectivity index (χ4n) is 3.19. The lowest BCUT2D eigenvalue weighted by Gasteiger charge is -2.34. The smallest absolute Gasteiger partial charge is 0.335 e. The van der Waals surface area contributed by atoms with E-state index in [0.717, 1.165) is 29.7 Å². The van der Waals surface area contributed by atoms with Gasteiger partial charge in [-0.25, -0.2) is 4.79 Å². The maximum Gasteiger partial charge on any atom is 0.335 e. The summed E-state index contributed by atoms with van der Waals surface area (Å²) in [4.78, 5) is 23.4. The van der Waals surface area contributed by atoms with E-state index in [-0.39, 0.29) is 11.8 Å². The molecule has 0 N–H and O–H groups in total. The van der Waals surface area contributed by atoms with Crippen molar-refractivity contribution in [3.63, 3.8) is 0 Å². The summed E-state index contributed by atoms with van der Waals surface area (Å²) in [5.41, 5.74) is 1.07. The van der Waals surface area contributed by atoms with Gasteiger partial charge in [0.2, 0.25) is 0 Å². The Hall–Kier alpha value is -1.58. The van der Waals surface area contributed by atoms with Crippen molar-refractivity contribution in [2.45, 2.75) is 44.1 Å². The second-order valence-corrected chi connectivity index (χ2v) is 5.09. The highest BCUT2D eigenvalue weighted by atomic mass is 16.6. The van der Waals surface area contributed by atoms with Crippen molar-refractivity contribution >= 4 is 11.8 Å². The molecular weight excluding hydrogens is 232 g/mol. The summed E-state index contributed by atoms with van der Waals surface area (Å²) in [5, 5.41) is 0. The van der Waals surface area contributed by atoms with Gasteiger partial charge in [0, 0.05) is 24.0 Å². The summed E-state index contributed by atoms with van der Waals surface area (Å²) < 4.78 is 11.0. The topological polar surface area (TPSA) is 52.6 Å². The lowest BCUT2D eigenvalue weighted by atomic mass is 9.76. The Morgan fingerprint density at radius 3 is 2.61 bits per heavy atom. The Kier molecular flexibility index (Phi) is 2.54. The molecular formula is C14H16O4. The van der Waals surface area contributed by atoms with E-state index in [4.69, 9.17) is 9.47 Å². The van der Waals surface area contributed by atoms with Crippen molar-refractivity contribution < 1.29 is 19.1 Å². The standard InChI is InChI=1S/C14H16O4/c1-17-11-4-2-3-10-12(11)14(18-13(10)16)7-5-9(15)6-8-14/h4H,2-3,5-8H2,1H3. The zero-order valence-electron chi connectivity index (χ0n) is 10.5.